The van der Waals surface area contributed by atoms with E-state index >= 15 is 0 Å². The Kier molecular flexibility index (Phi) is 7.30. The van der Waals surface area contributed by atoms with Gasteiger partial charge in [0.15, 0.2) is 0 Å². The Hall–Kier alpha value is -2.03. The molecule has 1 aromatic carbocycles. The Morgan fingerprint density at radius 3 is 2.81 bits per heavy atom. The summed E-state index contributed by atoms with van der Waals surface area (Å²) in [7, 11) is 1.50. The lowest BCUT2D eigenvalue weighted by atomic mass is 10.1. The minimum atomic E-state index is -0.711. The van der Waals surface area contributed by atoms with Crippen LogP contribution < -0.4 is 4.74 Å². The fourth-order valence-electron chi connectivity index (χ4n) is 1.51. The first kappa shape index (κ1) is 17.0. The molecule has 21 heavy (non-hydrogen) atoms. The fraction of sp³-hybridized carbons (Fsp3) is 0.333. The van der Waals surface area contributed by atoms with E-state index in [1.54, 1.807) is 18.2 Å². The van der Waals surface area contributed by atoms with E-state index in [1.165, 1.54) is 13.2 Å². The van der Waals surface area contributed by atoms with E-state index < -0.39 is 5.97 Å². The van der Waals surface area contributed by atoms with Crippen LogP contribution in [0.3, 0.4) is 0 Å². The highest BCUT2D eigenvalue weighted by molar-refractivity contribution is 6.30. The van der Waals surface area contributed by atoms with Crippen molar-refractivity contribution >= 4 is 23.6 Å². The number of carbonyl (C=O) groups is 1. The molecule has 0 amide bonds. The molecule has 1 rings (SSSR count). The molecule has 0 atom stereocenters. The van der Waals surface area contributed by atoms with Gasteiger partial charge in [0.2, 0.25) is 0 Å². The van der Waals surface area contributed by atoms with Crippen molar-refractivity contribution in [2.45, 2.75) is 6.92 Å². The number of nitrogens with zero attached hydrogens (tertiary/aromatic N) is 1. The summed E-state index contributed by atoms with van der Waals surface area (Å²) in [5.41, 5.74) is 0.416. The summed E-state index contributed by atoms with van der Waals surface area (Å²) in [6, 6.07) is 6.79. The molecular weight excluding hydrogens is 294 g/mol. The van der Waals surface area contributed by atoms with Crippen molar-refractivity contribution in [3.8, 4) is 11.8 Å². The van der Waals surface area contributed by atoms with Crippen LogP contribution in [0.5, 0.6) is 5.75 Å². The first-order valence-electron chi connectivity index (χ1n) is 6.32. The predicted molar refractivity (Wildman–Crippen MR) is 79.0 cm³/mol. The standard InChI is InChI=1S/C15H16ClNO4/c1-3-20-14-5-4-13(16)9-11(14)8-12(10-17)15(18)21-7-6-19-2/h4-5,8-9H,3,6-7H2,1-2H3/b12-8+. The zero-order chi connectivity index (χ0) is 15.7. The average Bonchev–Trinajstić information content (AvgIpc) is 2.47. The van der Waals surface area contributed by atoms with Crippen LogP contribution in [-0.2, 0) is 14.3 Å². The highest BCUT2D eigenvalue weighted by Gasteiger charge is 2.12. The van der Waals surface area contributed by atoms with Crippen molar-refractivity contribution in [2.75, 3.05) is 26.9 Å². The molecule has 0 aromatic heterocycles. The molecule has 6 heteroatoms. The van der Waals surface area contributed by atoms with Gasteiger partial charge in [-0.25, -0.2) is 4.79 Å². The van der Waals surface area contributed by atoms with Gasteiger partial charge in [0.25, 0.3) is 0 Å². The zero-order valence-corrected chi connectivity index (χ0v) is 12.6. The second kappa shape index (κ2) is 9.01. The fourth-order valence-corrected chi connectivity index (χ4v) is 1.69. The number of nitriles is 1. The van der Waals surface area contributed by atoms with Gasteiger partial charge in [0.1, 0.15) is 24.0 Å². The van der Waals surface area contributed by atoms with E-state index in [9.17, 15) is 4.79 Å². The molecule has 0 radical (unpaired) electrons. The van der Waals surface area contributed by atoms with E-state index in [1.807, 2.05) is 13.0 Å². The molecule has 0 heterocycles. The Labute approximate surface area is 128 Å². The van der Waals surface area contributed by atoms with Crippen molar-refractivity contribution in [2.24, 2.45) is 0 Å². The van der Waals surface area contributed by atoms with Crippen LogP contribution in [0, 0.1) is 11.3 Å². The zero-order valence-electron chi connectivity index (χ0n) is 11.9. The molecule has 0 spiro atoms. The van der Waals surface area contributed by atoms with Gasteiger partial charge >= 0.3 is 5.97 Å². The van der Waals surface area contributed by atoms with E-state index in [0.717, 1.165) is 0 Å². The van der Waals surface area contributed by atoms with Crippen molar-refractivity contribution in [3.05, 3.63) is 34.4 Å². The lowest BCUT2D eigenvalue weighted by Crippen LogP contribution is -2.11. The van der Waals surface area contributed by atoms with Gasteiger partial charge < -0.3 is 14.2 Å². The number of benzene rings is 1. The SMILES string of the molecule is CCOc1ccc(Cl)cc1/C=C(\C#N)C(=O)OCCOC. The number of methoxy groups -OCH3 is 1. The third kappa shape index (κ3) is 5.46. The molecule has 0 bridgehead atoms. The highest BCUT2D eigenvalue weighted by Crippen LogP contribution is 2.25. The number of hydrogen-bond acceptors (Lipinski definition) is 5. The summed E-state index contributed by atoms with van der Waals surface area (Å²) in [5.74, 6) is -0.170. The van der Waals surface area contributed by atoms with Crippen molar-refractivity contribution in [1.82, 2.24) is 0 Å². The number of hydrogen-bond donors (Lipinski definition) is 0. The molecule has 1 aromatic rings. The Morgan fingerprint density at radius 2 is 2.19 bits per heavy atom. The number of ether oxygens (including phenoxy) is 3. The van der Waals surface area contributed by atoms with Gasteiger partial charge in [-0.2, -0.15) is 5.26 Å². The van der Waals surface area contributed by atoms with Gasteiger partial charge in [-0.1, -0.05) is 11.6 Å². The summed E-state index contributed by atoms with van der Waals surface area (Å²) >= 11 is 5.93. The third-order valence-electron chi connectivity index (χ3n) is 2.43. The van der Waals surface area contributed by atoms with Crippen molar-refractivity contribution in [1.29, 1.82) is 5.26 Å². The second-order valence-electron chi connectivity index (χ2n) is 3.91. The summed E-state index contributed by atoms with van der Waals surface area (Å²) in [5, 5.41) is 9.56. The van der Waals surface area contributed by atoms with Crippen LogP contribution in [0.15, 0.2) is 23.8 Å². The molecule has 0 aliphatic carbocycles. The first-order valence-corrected chi connectivity index (χ1v) is 6.70. The smallest absolute Gasteiger partial charge is 0.348 e. The van der Waals surface area contributed by atoms with Crippen LogP contribution in [0.4, 0.5) is 0 Å². The molecule has 112 valence electrons. The Morgan fingerprint density at radius 1 is 1.43 bits per heavy atom. The molecule has 0 unspecified atom stereocenters. The number of rotatable bonds is 7. The molecular formula is C15H16ClNO4. The molecule has 5 nitrogen and oxygen atoms in total. The lowest BCUT2D eigenvalue weighted by Gasteiger charge is -2.08. The van der Waals surface area contributed by atoms with E-state index in [4.69, 9.17) is 31.1 Å². The molecule has 0 aliphatic rings. The first-order chi connectivity index (χ1) is 10.1. The number of carbonyl (C=O) groups excluding carboxylic acids is 1. The highest BCUT2D eigenvalue weighted by atomic mass is 35.5. The molecule has 0 saturated heterocycles. The quantitative estimate of drug-likeness (QED) is 0.335. The minimum Gasteiger partial charge on any atom is -0.493 e. The van der Waals surface area contributed by atoms with Crippen LogP contribution in [0.25, 0.3) is 6.08 Å². The Balaban J connectivity index is 2.99. The largest absolute Gasteiger partial charge is 0.493 e. The lowest BCUT2D eigenvalue weighted by molar-refractivity contribution is -0.139. The minimum absolute atomic E-state index is 0.0855. The number of halogens is 1. The monoisotopic (exact) mass is 309 g/mol. The van der Waals surface area contributed by atoms with Crippen molar-refractivity contribution < 1.29 is 19.0 Å². The maximum Gasteiger partial charge on any atom is 0.348 e. The average molecular weight is 310 g/mol. The summed E-state index contributed by atoms with van der Waals surface area (Å²) in [4.78, 5) is 11.8. The predicted octanol–water partition coefficient (Wildman–Crippen LogP) is 2.84. The number of esters is 1. The van der Waals surface area contributed by atoms with Gasteiger partial charge in [0, 0.05) is 17.7 Å². The maximum atomic E-state index is 11.8. The van der Waals surface area contributed by atoms with E-state index in [2.05, 4.69) is 0 Å². The normalized spacial score (nSPS) is 10.9. The topological polar surface area (TPSA) is 68.5 Å². The molecule has 0 fully saturated rings. The summed E-state index contributed by atoms with van der Waals surface area (Å²) < 4.78 is 15.1. The molecule has 0 saturated carbocycles. The summed E-state index contributed by atoms with van der Waals surface area (Å²) in [6.45, 7) is 2.66. The molecule has 0 N–H and O–H groups in total. The van der Waals surface area contributed by atoms with E-state index in [0.29, 0.717) is 22.9 Å². The van der Waals surface area contributed by atoms with Crippen LogP contribution >= 0.6 is 11.6 Å². The van der Waals surface area contributed by atoms with Crippen LogP contribution in [0.1, 0.15) is 12.5 Å². The van der Waals surface area contributed by atoms with Gasteiger partial charge in [-0.3, -0.25) is 0 Å². The van der Waals surface area contributed by atoms with Crippen LogP contribution in [-0.4, -0.2) is 32.9 Å². The van der Waals surface area contributed by atoms with Crippen LogP contribution in [0.2, 0.25) is 5.02 Å². The van der Waals surface area contributed by atoms with E-state index in [-0.39, 0.29) is 18.8 Å². The third-order valence-corrected chi connectivity index (χ3v) is 2.67. The Bertz CT molecular complexity index is 563. The molecule has 0 aliphatic heterocycles. The second-order valence-corrected chi connectivity index (χ2v) is 4.35. The van der Waals surface area contributed by atoms with Gasteiger partial charge in [-0.15, -0.1) is 0 Å². The summed E-state index contributed by atoms with van der Waals surface area (Å²) in [6.07, 6.45) is 1.39. The van der Waals surface area contributed by atoms with Gasteiger partial charge in [-0.05, 0) is 31.2 Å². The maximum absolute atomic E-state index is 11.8. The van der Waals surface area contributed by atoms with Crippen molar-refractivity contribution in [3.63, 3.8) is 0 Å². The van der Waals surface area contributed by atoms with Gasteiger partial charge in [0.05, 0.1) is 13.2 Å².